The molecular weight excluding hydrogens is 262 g/mol. The van der Waals surface area contributed by atoms with Crippen molar-refractivity contribution in [1.29, 1.82) is 0 Å². The Morgan fingerprint density at radius 1 is 1.05 bits per heavy atom. The summed E-state index contributed by atoms with van der Waals surface area (Å²) >= 11 is 0. The fraction of sp³-hybridized carbons (Fsp3) is 0.111. The minimum absolute atomic E-state index is 0.0126. The van der Waals surface area contributed by atoms with Crippen LogP contribution in [0.15, 0.2) is 60.8 Å². The number of ketones is 1. The number of fused-ring (bicyclic) bond motifs is 1. The van der Waals surface area contributed by atoms with E-state index in [-0.39, 0.29) is 12.4 Å². The molecule has 0 unspecified atom stereocenters. The Hall–Kier alpha value is -2.68. The van der Waals surface area contributed by atoms with Crippen LogP contribution in [0, 0.1) is 6.92 Å². The minimum atomic E-state index is -0.0389. The number of aryl methyl sites for hydroxylation is 1. The predicted molar refractivity (Wildman–Crippen MR) is 82.7 cm³/mol. The van der Waals surface area contributed by atoms with Crippen LogP contribution in [0.25, 0.3) is 10.9 Å². The van der Waals surface area contributed by atoms with Gasteiger partial charge >= 0.3 is 0 Å². The lowest BCUT2D eigenvalue weighted by atomic mass is 10.1. The molecule has 0 saturated carbocycles. The van der Waals surface area contributed by atoms with E-state index < -0.39 is 0 Å². The van der Waals surface area contributed by atoms with Gasteiger partial charge in [-0.05, 0) is 19.1 Å². The lowest BCUT2D eigenvalue weighted by Gasteiger charge is -2.08. The fourth-order valence-corrected chi connectivity index (χ4v) is 2.16. The van der Waals surface area contributed by atoms with E-state index in [1.54, 1.807) is 6.20 Å². The molecule has 3 nitrogen and oxygen atoms in total. The zero-order chi connectivity index (χ0) is 14.7. The molecule has 104 valence electrons. The minimum Gasteiger partial charge on any atom is -0.483 e. The predicted octanol–water partition coefficient (Wildman–Crippen LogP) is 3.80. The van der Waals surface area contributed by atoms with Gasteiger partial charge in [-0.25, -0.2) is 0 Å². The van der Waals surface area contributed by atoms with Crippen molar-refractivity contribution in [2.24, 2.45) is 0 Å². The van der Waals surface area contributed by atoms with E-state index >= 15 is 0 Å². The molecule has 0 amide bonds. The quantitative estimate of drug-likeness (QED) is 0.681. The molecule has 0 spiro atoms. The first kappa shape index (κ1) is 13.3. The molecule has 0 aliphatic heterocycles. The number of carbonyl (C=O) groups is 1. The van der Waals surface area contributed by atoms with Gasteiger partial charge in [-0.3, -0.25) is 9.78 Å². The highest BCUT2D eigenvalue weighted by molar-refractivity contribution is 5.97. The van der Waals surface area contributed by atoms with Crippen molar-refractivity contribution < 1.29 is 9.53 Å². The van der Waals surface area contributed by atoms with E-state index in [1.807, 2.05) is 61.5 Å². The first-order chi connectivity index (χ1) is 10.2. The topological polar surface area (TPSA) is 39.2 Å². The van der Waals surface area contributed by atoms with Gasteiger partial charge in [0.05, 0.1) is 0 Å². The normalized spacial score (nSPS) is 10.5. The number of benzene rings is 2. The number of nitrogens with zero attached hydrogens (tertiary/aromatic N) is 1. The van der Waals surface area contributed by atoms with Crippen LogP contribution in [0.2, 0.25) is 0 Å². The van der Waals surface area contributed by atoms with Gasteiger partial charge in [-0.2, -0.15) is 0 Å². The summed E-state index contributed by atoms with van der Waals surface area (Å²) in [7, 11) is 0. The summed E-state index contributed by atoms with van der Waals surface area (Å²) in [6, 6.07) is 17.0. The molecular formula is C18H15NO2. The summed E-state index contributed by atoms with van der Waals surface area (Å²) in [5.41, 5.74) is 2.57. The van der Waals surface area contributed by atoms with Crippen molar-refractivity contribution in [2.45, 2.75) is 6.92 Å². The van der Waals surface area contributed by atoms with E-state index in [2.05, 4.69) is 4.98 Å². The molecule has 3 rings (SSSR count). The Morgan fingerprint density at radius 2 is 1.81 bits per heavy atom. The van der Waals surface area contributed by atoms with Crippen molar-refractivity contribution in [3.63, 3.8) is 0 Å². The maximum Gasteiger partial charge on any atom is 0.200 e. The van der Waals surface area contributed by atoms with Crippen LogP contribution in [0.1, 0.15) is 15.9 Å². The third kappa shape index (κ3) is 2.92. The summed E-state index contributed by atoms with van der Waals surface area (Å²) in [5, 5.41) is 0.998. The molecule has 1 heterocycles. The van der Waals surface area contributed by atoms with Crippen molar-refractivity contribution in [1.82, 2.24) is 4.98 Å². The molecule has 0 aliphatic rings. The molecule has 0 saturated heterocycles. The Bertz CT molecular complexity index is 773. The molecule has 1 aromatic heterocycles. The smallest absolute Gasteiger partial charge is 0.200 e. The van der Waals surface area contributed by atoms with E-state index in [0.717, 1.165) is 16.5 Å². The summed E-state index contributed by atoms with van der Waals surface area (Å²) in [4.78, 5) is 16.4. The molecule has 0 atom stereocenters. The lowest BCUT2D eigenvalue weighted by Crippen LogP contribution is -2.11. The van der Waals surface area contributed by atoms with Gasteiger partial charge in [0.25, 0.3) is 0 Å². The Labute approximate surface area is 123 Å². The average molecular weight is 277 g/mol. The third-order valence-electron chi connectivity index (χ3n) is 3.33. The number of pyridine rings is 1. The van der Waals surface area contributed by atoms with Crippen LogP contribution in [0.3, 0.4) is 0 Å². The number of Topliss-reactive ketones (excluding diaryl/α,β-unsaturated/α-hetero) is 1. The highest BCUT2D eigenvalue weighted by Crippen LogP contribution is 2.23. The Morgan fingerprint density at radius 3 is 2.62 bits per heavy atom. The second-order valence-corrected chi connectivity index (χ2v) is 4.91. The van der Waals surface area contributed by atoms with Gasteiger partial charge in [0, 0.05) is 17.1 Å². The molecule has 3 aromatic rings. The molecule has 2 aromatic carbocycles. The van der Waals surface area contributed by atoms with Crippen LogP contribution < -0.4 is 4.74 Å². The van der Waals surface area contributed by atoms with Crippen LogP contribution >= 0.6 is 0 Å². The summed E-state index contributed by atoms with van der Waals surface area (Å²) in [6.07, 6.45) is 1.72. The molecule has 0 bridgehead atoms. The zero-order valence-electron chi connectivity index (χ0n) is 11.7. The highest BCUT2D eigenvalue weighted by Gasteiger charge is 2.08. The number of hydrogen-bond donors (Lipinski definition) is 0. The first-order valence-corrected chi connectivity index (χ1v) is 6.80. The maximum absolute atomic E-state index is 12.1. The van der Waals surface area contributed by atoms with Gasteiger partial charge in [-0.1, -0.05) is 48.0 Å². The number of para-hydroxylation sites is 1. The third-order valence-corrected chi connectivity index (χ3v) is 3.33. The monoisotopic (exact) mass is 277 g/mol. The van der Waals surface area contributed by atoms with Crippen molar-refractivity contribution in [2.75, 3.05) is 6.61 Å². The molecule has 21 heavy (non-hydrogen) atoms. The van der Waals surface area contributed by atoms with E-state index in [0.29, 0.717) is 11.3 Å². The average Bonchev–Trinajstić information content (AvgIpc) is 2.53. The summed E-state index contributed by atoms with van der Waals surface area (Å²) in [6.45, 7) is 2.01. The van der Waals surface area contributed by atoms with Crippen LogP contribution in [-0.2, 0) is 0 Å². The Kier molecular flexibility index (Phi) is 3.65. The van der Waals surface area contributed by atoms with Crippen molar-refractivity contribution in [3.8, 4) is 5.75 Å². The Balaban J connectivity index is 1.77. The van der Waals surface area contributed by atoms with Crippen molar-refractivity contribution in [3.05, 3.63) is 71.9 Å². The largest absolute Gasteiger partial charge is 0.483 e. The first-order valence-electron chi connectivity index (χ1n) is 6.80. The van der Waals surface area contributed by atoms with Gasteiger partial charge < -0.3 is 4.74 Å². The van der Waals surface area contributed by atoms with E-state index in [1.165, 1.54) is 0 Å². The molecule has 0 aliphatic carbocycles. The number of aromatic nitrogens is 1. The maximum atomic E-state index is 12.1. The molecule has 3 heteroatoms. The summed E-state index contributed by atoms with van der Waals surface area (Å²) < 4.78 is 5.65. The van der Waals surface area contributed by atoms with Crippen molar-refractivity contribution >= 4 is 16.7 Å². The molecule has 0 N–H and O–H groups in total. The molecule has 0 fully saturated rings. The lowest BCUT2D eigenvalue weighted by molar-refractivity contribution is 0.0922. The van der Waals surface area contributed by atoms with E-state index in [9.17, 15) is 4.79 Å². The van der Waals surface area contributed by atoms with Gasteiger partial charge in [-0.15, -0.1) is 0 Å². The highest BCUT2D eigenvalue weighted by atomic mass is 16.5. The number of rotatable bonds is 4. The zero-order valence-corrected chi connectivity index (χ0v) is 11.7. The number of carbonyl (C=O) groups excluding carboxylic acids is 1. The van der Waals surface area contributed by atoms with Gasteiger partial charge in [0.2, 0.25) is 0 Å². The van der Waals surface area contributed by atoms with Gasteiger partial charge in [0.1, 0.15) is 11.3 Å². The van der Waals surface area contributed by atoms with Gasteiger partial charge in [0.15, 0.2) is 12.4 Å². The van der Waals surface area contributed by atoms with E-state index in [4.69, 9.17) is 4.74 Å². The second-order valence-electron chi connectivity index (χ2n) is 4.91. The van der Waals surface area contributed by atoms with Crippen LogP contribution in [0.4, 0.5) is 0 Å². The second kappa shape index (κ2) is 5.75. The standard InChI is InChI=1S/C18H15NO2/c1-13-7-9-14(10-8-13)16(20)12-21-17-6-2-4-15-5-3-11-19-18(15)17/h2-11H,12H2,1H3. The van der Waals surface area contributed by atoms with Crippen LogP contribution in [-0.4, -0.2) is 17.4 Å². The molecule has 0 radical (unpaired) electrons. The summed E-state index contributed by atoms with van der Waals surface area (Å²) in [5.74, 6) is 0.594. The van der Waals surface area contributed by atoms with Crippen LogP contribution in [0.5, 0.6) is 5.75 Å². The number of hydrogen-bond acceptors (Lipinski definition) is 3. The fourth-order valence-electron chi connectivity index (χ4n) is 2.16. The number of ether oxygens (including phenoxy) is 1. The SMILES string of the molecule is Cc1ccc(C(=O)COc2cccc3cccnc23)cc1.